The van der Waals surface area contributed by atoms with E-state index in [1.165, 1.54) is 24.8 Å². The molecular formula is C16H25N. The summed E-state index contributed by atoms with van der Waals surface area (Å²) in [6.45, 7) is 8.08. The maximum atomic E-state index is 3.75. The van der Waals surface area contributed by atoms with Gasteiger partial charge < -0.3 is 5.32 Å². The van der Waals surface area contributed by atoms with Gasteiger partial charge in [-0.05, 0) is 42.3 Å². The summed E-state index contributed by atoms with van der Waals surface area (Å²) < 4.78 is 0. The molecule has 1 aliphatic rings. The fourth-order valence-corrected chi connectivity index (χ4v) is 2.70. The van der Waals surface area contributed by atoms with E-state index >= 15 is 0 Å². The van der Waals surface area contributed by atoms with E-state index in [1.807, 2.05) is 0 Å². The molecule has 0 aliphatic heterocycles. The molecule has 0 fully saturated rings. The summed E-state index contributed by atoms with van der Waals surface area (Å²) in [4.78, 5) is 0. The van der Waals surface area contributed by atoms with Crippen molar-refractivity contribution in [2.45, 2.75) is 52.0 Å². The van der Waals surface area contributed by atoms with Gasteiger partial charge in [0.15, 0.2) is 0 Å². The first-order chi connectivity index (χ1) is 8.22. The molecule has 0 saturated carbocycles. The van der Waals surface area contributed by atoms with Crippen molar-refractivity contribution in [1.29, 1.82) is 0 Å². The smallest absolute Gasteiger partial charge is 0.0323 e. The first-order valence-electron chi connectivity index (χ1n) is 7.04. The van der Waals surface area contributed by atoms with Crippen LogP contribution in [-0.2, 0) is 0 Å². The van der Waals surface area contributed by atoms with Crippen LogP contribution in [0.15, 0.2) is 24.3 Å². The topological polar surface area (TPSA) is 12.0 Å². The van der Waals surface area contributed by atoms with Crippen LogP contribution >= 0.6 is 0 Å². The van der Waals surface area contributed by atoms with Crippen molar-refractivity contribution in [3.05, 3.63) is 35.4 Å². The molecule has 3 atom stereocenters. The van der Waals surface area contributed by atoms with Gasteiger partial charge in [-0.2, -0.15) is 0 Å². The third kappa shape index (κ3) is 2.90. The van der Waals surface area contributed by atoms with Crippen LogP contribution in [0, 0.1) is 5.92 Å². The van der Waals surface area contributed by atoms with Gasteiger partial charge >= 0.3 is 0 Å². The SMILES string of the molecule is CCC(C)CNC1CCC(C)c2ccccc21. The third-order valence-corrected chi connectivity index (χ3v) is 4.20. The maximum Gasteiger partial charge on any atom is 0.0323 e. The number of hydrogen-bond donors (Lipinski definition) is 1. The molecule has 1 heteroatoms. The Bertz CT molecular complexity index is 358. The van der Waals surface area contributed by atoms with Crippen molar-refractivity contribution < 1.29 is 0 Å². The average Bonchev–Trinajstić information content (AvgIpc) is 2.38. The molecular weight excluding hydrogens is 206 g/mol. The van der Waals surface area contributed by atoms with E-state index in [0.29, 0.717) is 6.04 Å². The van der Waals surface area contributed by atoms with Crippen LogP contribution in [0.5, 0.6) is 0 Å². The second-order valence-electron chi connectivity index (χ2n) is 5.58. The number of rotatable bonds is 4. The van der Waals surface area contributed by atoms with Crippen molar-refractivity contribution >= 4 is 0 Å². The van der Waals surface area contributed by atoms with Gasteiger partial charge in [-0.25, -0.2) is 0 Å². The zero-order valence-corrected chi connectivity index (χ0v) is 11.4. The van der Waals surface area contributed by atoms with Crippen LogP contribution in [0.25, 0.3) is 0 Å². The Morgan fingerprint density at radius 2 is 1.94 bits per heavy atom. The van der Waals surface area contributed by atoms with Crippen molar-refractivity contribution in [3.8, 4) is 0 Å². The zero-order valence-electron chi connectivity index (χ0n) is 11.4. The van der Waals surface area contributed by atoms with Gasteiger partial charge in [0.05, 0.1) is 0 Å². The summed E-state index contributed by atoms with van der Waals surface area (Å²) in [5.41, 5.74) is 3.09. The number of benzene rings is 1. The van der Waals surface area contributed by atoms with E-state index in [2.05, 4.69) is 50.4 Å². The lowest BCUT2D eigenvalue weighted by atomic mass is 9.81. The molecule has 1 aromatic carbocycles. The minimum absolute atomic E-state index is 0.580. The Balaban J connectivity index is 2.08. The second kappa shape index (κ2) is 5.68. The average molecular weight is 231 g/mol. The predicted molar refractivity (Wildman–Crippen MR) is 74.3 cm³/mol. The molecule has 0 bridgehead atoms. The van der Waals surface area contributed by atoms with Crippen LogP contribution in [0.1, 0.15) is 63.1 Å². The molecule has 1 aromatic rings. The van der Waals surface area contributed by atoms with Crippen LogP contribution in [-0.4, -0.2) is 6.54 Å². The highest BCUT2D eigenvalue weighted by atomic mass is 14.9. The van der Waals surface area contributed by atoms with Crippen LogP contribution in [0.2, 0.25) is 0 Å². The molecule has 0 radical (unpaired) electrons. The zero-order chi connectivity index (χ0) is 12.3. The van der Waals surface area contributed by atoms with E-state index in [4.69, 9.17) is 0 Å². The lowest BCUT2D eigenvalue weighted by Crippen LogP contribution is -2.29. The minimum Gasteiger partial charge on any atom is -0.310 e. The summed E-state index contributed by atoms with van der Waals surface area (Å²) in [6.07, 6.45) is 3.86. The Morgan fingerprint density at radius 3 is 2.65 bits per heavy atom. The Kier molecular flexibility index (Phi) is 4.22. The van der Waals surface area contributed by atoms with Gasteiger partial charge in [0.2, 0.25) is 0 Å². The highest BCUT2D eigenvalue weighted by Crippen LogP contribution is 2.36. The molecule has 17 heavy (non-hydrogen) atoms. The highest BCUT2D eigenvalue weighted by molar-refractivity contribution is 5.34. The monoisotopic (exact) mass is 231 g/mol. The van der Waals surface area contributed by atoms with Crippen molar-refractivity contribution in [2.75, 3.05) is 6.54 Å². The summed E-state index contributed by atoms with van der Waals surface area (Å²) in [7, 11) is 0. The van der Waals surface area contributed by atoms with E-state index in [0.717, 1.165) is 18.4 Å². The molecule has 0 aromatic heterocycles. The first kappa shape index (κ1) is 12.6. The summed E-state index contributed by atoms with van der Waals surface area (Å²) >= 11 is 0. The second-order valence-corrected chi connectivity index (χ2v) is 5.58. The Morgan fingerprint density at radius 1 is 1.24 bits per heavy atom. The molecule has 1 N–H and O–H groups in total. The van der Waals surface area contributed by atoms with Crippen molar-refractivity contribution in [1.82, 2.24) is 5.32 Å². The first-order valence-corrected chi connectivity index (χ1v) is 7.04. The summed E-state index contributed by atoms with van der Waals surface area (Å²) in [5.74, 6) is 1.51. The predicted octanol–water partition coefficient (Wildman–Crippen LogP) is 4.26. The fourth-order valence-electron chi connectivity index (χ4n) is 2.70. The van der Waals surface area contributed by atoms with Gasteiger partial charge in [-0.15, -0.1) is 0 Å². The van der Waals surface area contributed by atoms with Crippen LogP contribution < -0.4 is 5.32 Å². The molecule has 0 spiro atoms. The van der Waals surface area contributed by atoms with E-state index in [-0.39, 0.29) is 0 Å². The van der Waals surface area contributed by atoms with E-state index < -0.39 is 0 Å². The Labute approximate surface area is 106 Å². The highest BCUT2D eigenvalue weighted by Gasteiger charge is 2.23. The molecule has 1 nitrogen and oxygen atoms in total. The molecule has 94 valence electrons. The third-order valence-electron chi connectivity index (χ3n) is 4.20. The summed E-state index contributed by atoms with van der Waals surface area (Å²) in [6, 6.07) is 9.54. The maximum absolute atomic E-state index is 3.75. The normalized spacial score (nSPS) is 25.4. The Hall–Kier alpha value is -0.820. The van der Waals surface area contributed by atoms with Crippen LogP contribution in [0.4, 0.5) is 0 Å². The van der Waals surface area contributed by atoms with Crippen molar-refractivity contribution in [2.24, 2.45) is 5.92 Å². The minimum atomic E-state index is 0.580. The lowest BCUT2D eigenvalue weighted by molar-refractivity contribution is 0.394. The molecule has 0 heterocycles. The van der Waals surface area contributed by atoms with Gasteiger partial charge in [-0.3, -0.25) is 0 Å². The molecule has 0 amide bonds. The van der Waals surface area contributed by atoms with Crippen LogP contribution in [0.3, 0.4) is 0 Å². The quantitative estimate of drug-likeness (QED) is 0.816. The number of fused-ring (bicyclic) bond motifs is 1. The van der Waals surface area contributed by atoms with Gasteiger partial charge in [0.1, 0.15) is 0 Å². The molecule has 0 saturated heterocycles. The van der Waals surface area contributed by atoms with Crippen molar-refractivity contribution in [3.63, 3.8) is 0 Å². The standard InChI is InChI=1S/C16H25N/c1-4-12(2)11-17-16-10-9-13(3)14-7-5-6-8-15(14)16/h5-8,12-13,16-17H,4,9-11H2,1-3H3. The molecule has 3 unspecified atom stereocenters. The van der Waals surface area contributed by atoms with Gasteiger partial charge in [0, 0.05) is 6.04 Å². The number of hydrogen-bond acceptors (Lipinski definition) is 1. The number of nitrogens with one attached hydrogen (secondary N) is 1. The van der Waals surface area contributed by atoms with E-state index in [1.54, 1.807) is 5.56 Å². The fraction of sp³-hybridized carbons (Fsp3) is 0.625. The van der Waals surface area contributed by atoms with Gasteiger partial charge in [0.25, 0.3) is 0 Å². The molecule has 2 rings (SSSR count). The largest absolute Gasteiger partial charge is 0.310 e. The summed E-state index contributed by atoms with van der Waals surface area (Å²) in [5, 5.41) is 3.75. The molecule has 1 aliphatic carbocycles. The van der Waals surface area contributed by atoms with E-state index in [9.17, 15) is 0 Å². The van der Waals surface area contributed by atoms with Gasteiger partial charge in [-0.1, -0.05) is 51.5 Å². The lowest BCUT2D eigenvalue weighted by Gasteiger charge is -2.31.